The Bertz CT molecular complexity index is 519. The number of hydrogen-bond acceptors (Lipinski definition) is 5. The first kappa shape index (κ1) is 12.5. The van der Waals surface area contributed by atoms with Crippen molar-refractivity contribution >= 4 is 5.82 Å². The summed E-state index contributed by atoms with van der Waals surface area (Å²) in [6, 6.07) is 0. The van der Waals surface area contributed by atoms with Crippen LogP contribution in [-0.2, 0) is 6.54 Å². The second kappa shape index (κ2) is 5.57. The fraction of sp³-hybridized carbons (Fsp3) is 0.500. The highest BCUT2D eigenvalue weighted by Crippen LogP contribution is 2.23. The van der Waals surface area contributed by atoms with E-state index in [1.54, 1.807) is 12.5 Å². The van der Waals surface area contributed by atoms with Crippen LogP contribution in [0.2, 0.25) is 0 Å². The van der Waals surface area contributed by atoms with E-state index in [4.69, 9.17) is 0 Å². The normalized spacial score (nSPS) is 10.6. The maximum atomic E-state index is 4.35. The minimum Gasteiger partial charge on any atom is -0.370 e. The molecule has 2 heterocycles. The fourth-order valence-electron chi connectivity index (χ4n) is 1.87. The Kier molecular flexibility index (Phi) is 3.86. The lowest BCUT2D eigenvalue weighted by Gasteiger charge is -2.10. The fourth-order valence-corrected chi connectivity index (χ4v) is 1.87. The monoisotopic (exact) mass is 246 g/mol. The maximum Gasteiger partial charge on any atom is 0.132 e. The number of anilines is 1. The molecule has 0 radical (unpaired) electrons. The van der Waals surface area contributed by atoms with Gasteiger partial charge >= 0.3 is 0 Å². The summed E-state index contributed by atoms with van der Waals surface area (Å²) in [6.07, 6.45) is 4.34. The summed E-state index contributed by atoms with van der Waals surface area (Å²) in [5.74, 6) is 0.867. The molecule has 0 amide bonds. The van der Waals surface area contributed by atoms with Crippen molar-refractivity contribution < 1.29 is 0 Å². The molecule has 6 nitrogen and oxygen atoms in total. The molecule has 1 N–H and O–H groups in total. The van der Waals surface area contributed by atoms with E-state index < -0.39 is 0 Å². The van der Waals surface area contributed by atoms with Gasteiger partial charge in [-0.3, -0.25) is 0 Å². The topological polar surface area (TPSA) is 68.5 Å². The zero-order chi connectivity index (χ0) is 13.0. The summed E-state index contributed by atoms with van der Waals surface area (Å²) in [7, 11) is 0. The van der Waals surface area contributed by atoms with Crippen molar-refractivity contribution in [2.24, 2.45) is 0 Å². The Morgan fingerprint density at radius 3 is 2.83 bits per heavy atom. The Morgan fingerprint density at radius 2 is 2.11 bits per heavy atom. The van der Waals surface area contributed by atoms with E-state index in [0.29, 0.717) is 0 Å². The van der Waals surface area contributed by atoms with Crippen molar-refractivity contribution in [1.29, 1.82) is 0 Å². The van der Waals surface area contributed by atoms with Crippen LogP contribution in [0.3, 0.4) is 0 Å². The van der Waals surface area contributed by atoms with Crippen LogP contribution >= 0.6 is 0 Å². The van der Waals surface area contributed by atoms with Crippen molar-refractivity contribution in [2.75, 3.05) is 11.9 Å². The van der Waals surface area contributed by atoms with Gasteiger partial charge in [-0.05, 0) is 20.3 Å². The number of hydrogen-bond donors (Lipinski definition) is 1. The van der Waals surface area contributed by atoms with Gasteiger partial charge in [0.05, 0.1) is 11.9 Å². The van der Waals surface area contributed by atoms with Crippen molar-refractivity contribution in [2.45, 2.75) is 33.7 Å². The van der Waals surface area contributed by atoms with Crippen LogP contribution in [0.25, 0.3) is 11.4 Å². The number of rotatable bonds is 5. The number of nitrogens with one attached hydrogen (secondary N) is 1. The highest BCUT2D eigenvalue weighted by Gasteiger charge is 2.13. The van der Waals surface area contributed by atoms with E-state index >= 15 is 0 Å². The van der Waals surface area contributed by atoms with Gasteiger partial charge in [-0.1, -0.05) is 12.1 Å². The Hall–Kier alpha value is -1.98. The van der Waals surface area contributed by atoms with Crippen LogP contribution in [0.4, 0.5) is 5.82 Å². The minimum absolute atomic E-state index is 0.837. The van der Waals surface area contributed by atoms with Gasteiger partial charge in [0.1, 0.15) is 17.8 Å². The third-order valence-electron chi connectivity index (χ3n) is 2.72. The predicted molar refractivity (Wildman–Crippen MR) is 70.2 cm³/mol. The molecule has 2 aromatic heterocycles. The summed E-state index contributed by atoms with van der Waals surface area (Å²) in [5, 5.41) is 11.3. The number of nitrogens with zero attached hydrogens (tertiary/aromatic N) is 5. The van der Waals surface area contributed by atoms with Gasteiger partial charge in [-0.15, -0.1) is 5.10 Å². The molecule has 0 aliphatic carbocycles. The lowest BCUT2D eigenvalue weighted by Crippen LogP contribution is -2.07. The average Bonchev–Trinajstić information content (AvgIpc) is 2.81. The Morgan fingerprint density at radius 1 is 1.28 bits per heavy atom. The standard InChI is InChI=1S/C12H18N6/c1-4-6-18-10(7-16-17-18)11-9(3)12(13-5-2)15-8-14-11/h7-8H,4-6H2,1-3H3,(H,13,14,15). The molecular formula is C12H18N6. The van der Waals surface area contributed by atoms with Gasteiger partial charge in [0.25, 0.3) is 0 Å². The summed E-state index contributed by atoms with van der Waals surface area (Å²) in [5.41, 5.74) is 2.86. The van der Waals surface area contributed by atoms with Crippen LogP contribution in [0.5, 0.6) is 0 Å². The molecule has 0 saturated heterocycles. The molecule has 0 fully saturated rings. The predicted octanol–water partition coefficient (Wildman–Crippen LogP) is 1.89. The van der Waals surface area contributed by atoms with Crippen molar-refractivity contribution in [1.82, 2.24) is 25.0 Å². The molecule has 96 valence electrons. The van der Waals surface area contributed by atoms with E-state index in [2.05, 4.69) is 32.5 Å². The number of aromatic nitrogens is 5. The Labute approximate surface area is 106 Å². The molecule has 0 spiro atoms. The molecule has 0 aliphatic rings. The smallest absolute Gasteiger partial charge is 0.132 e. The van der Waals surface area contributed by atoms with Gasteiger partial charge in [0.15, 0.2) is 0 Å². The van der Waals surface area contributed by atoms with Gasteiger partial charge in [-0.25, -0.2) is 14.6 Å². The van der Waals surface area contributed by atoms with Gasteiger partial charge in [0.2, 0.25) is 0 Å². The highest BCUT2D eigenvalue weighted by molar-refractivity contribution is 5.64. The van der Waals surface area contributed by atoms with Gasteiger partial charge < -0.3 is 5.32 Å². The van der Waals surface area contributed by atoms with Crippen LogP contribution in [0, 0.1) is 6.92 Å². The first-order valence-corrected chi connectivity index (χ1v) is 6.22. The third kappa shape index (κ3) is 2.32. The minimum atomic E-state index is 0.837. The average molecular weight is 246 g/mol. The third-order valence-corrected chi connectivity index (χ3v) is 2.72. The van der Waals surface area contributed by atoms with Crippen molar-refractivity contribution in [3.63, 3.8) is 0 Å². The van der Waals surface area contributed by atoms with Crippen LogP contribution in [0.15, 0.2) is 12.5 Å². The van der Waals surface area contributed by atoms with E-state index in [0.717, 1.165) is 42.3 Å². The first-order valence-electron chi connectivity index (χ1n) is 6.22. The van der Waals surface area contributed by atoms with Crippen molar-refractivity contribution in [3.05, 3.63) is 18.1 Å². The van der Waals surface area contributed by atoms with Gasteiger partial charge in [0, 0.05) is 18.7 Å². The Balaban J connectivity index is 2.43. The molecule has 2 rings (SSSR count). The molecule has 6 heteroatoms. The first-order chi connectivity index (χ1) is 8.77. The van der Waals surface area contributed by atoms with E-state index in [1.807, 2.05) is 18.5 Å². The van der Waals surface area contributed by atoms with Crippen LogP contribution in [0.1, 0.15) is 25.8 Å². The quantitative estimate of drug-likeness (QED) is 0.872. The molecule has 18 heavy (non-hydrogen) atoms. The SMILES string of the molecule is CCCn1nncc1-c1ncnc(NCC)c1C. The molecule has 0 bridgehead atoms. The zero-order valence-corrected chi connectivity index (χ0v) is 11.0. The van der Waals surface area contributed by atoms with Crippen LogP contribution in [-0.4, -0.2) is 31.5 Å². The van der Waals surface area contributed by atoms with E-state index in [1.165, 1.54) is 0 Å². The maximum absolute atomic E-state index is 4.35. The number of aryl methyl sites for hydroxylation is 1. The molecule has 0 saturated carbocycles. The zero-order valence-electron chi connectivity index (χ0n) is 11.0. The molecular weight excluding hydrogens is 228 g/mol. The second-order valence-electron chi connectivity index (χ2n) is 4.07. The molecule has 2 aromatic rings. The van der Waals surface area contributed by atoms with Crippen molar-refractivity contribution in [3.8, 4) is 11.4 Å². The van der Waals surface area contributed by atoms with Crippen LogP contribution < -0.4 is 5.32 Å². The molecule has 0 unspecified atom stereocenters. The van der Waals surface area contributed by atoms with E-state index in [9.17, 15) is 0 Å². The largest absolute Gasteiger partial charge is 0.370 e. The summed E-state index contributed by atoms with van der Waals surface area (Å²) >= 11 is 0. The summed E-state index contributed by atoms with van der Waals surface area (Å²) < 4.78 is 1.88. The second-order valence-corrected chi connectivity index (χ2v) is 4.07. The molecule has 0 atom stereocenters. The summed E-state index contributed by atoms with van der Waals surface area (Å²) in [4.78, 5) is 8.60. The molecule has 0 aromatic carbocycles. The molecule has 0 aliphatic heterocycles. The lowest BCUT2D eigenvalue weighted by molar-refractivity contribution is 0.583. The highest BCUT2D eigenvalue weighted by atomic mass is 15.4. The van der Waals surface area contributed by atoms with Gasteiger partial charge in [-0.2, -0.15) is 0 Å². The lowest BCUT2D eigenvalue weighted by atomic mass is 10.2. The van der Waals surface area contributed by atoms with E-state index in [-0.39, 0.29) is 0 Å². The summed E-state index contributed by atoms with van der Waals surface area (Å²) in [6.45, 7) is 7.85.